The van der Waals surface area contributed by atoms with Crippen LogP contribution in [0.15, 0.2) is 0 Å². The molecule has 1 amide bonds. The van der Waals surface area contributed by atoms with E-state index in [1.807, 2.05) is 13.8 Å². The second-order valence-electron chi connectivity index (χ2n) is 5.59. The molecule has 8 heteroatoms. The summed E-state index contributed by atoms with van der Waals surface area (Å²) < 4.78 is 1.26. The second kappa shape index (κ2) is 6.66. The van der Waals surface area contributed by atoms with E-state index in [9.17, 15) is 14.9 Å². The molecule has 0 spiro atoms. The lowest BCUT2D eigenvalue weighted by Gasteiger charge is -2.21. The van der Waals surface area contributed by atoms with Gasteiger partial charge in [0.1, 0.15) is 5.69 Å². The Morgan fingerprint density at radius 2 is 2.10 bits per heavy atom. The van der Waals surface area contributed by atoms with E-state index in [1.54, 1.807) is 7.05 Å². The average Bonchev–Trinajstić information content (AvgIpc) is 2.69. The smallest absolute Gasteiger partial charge is 0.322 e. The lowest BCUT2D eigenvalue weighted by Crippen LogP contribution is -2.35. The standard InChI is InChI=1S/C13H23N5O3/c1-8(2)10(14)6-7-16(4)13(19)12-11(18(20)21)9(3)15-17(12)5/h8,10H,6-7,14H2,1-5H3. The van der Waals surface area contributed by atoms with Crippen LogP contribution in [-0.4, -0.2) is 45.1 Å². The maximum absolute atomic E-state index is 12.4. The van der Waals surface area contributed by atoms with Crippen LogP contribution < -0.4 is 5.73 Å². The highest BCUT2D eigenvalue weighted by Gasteiger charge is 2.31. The molecule has 118 valence electrons. The Morgan fingerprint density at radius 3 is 2.57 bits per heavy atom. The molecular weight excluding hydrogens is 274 g/mol. The lowest BCUT2D eigenvalue weighted by molar-refractivity contribution is -0.385. The maximum atomic E-state index is 12.4. The number of nitrogens with two attached hydrogens (primary N) is 1. The molecule has 0 aliphatic rings. The summed E-state index contributed by atoms with van der Waals surface area (Å²) in [7, 11) is 3.14. The molecule has 1 heterocycles. The van der Waals surface area contributed by atoms with Gasteiger partial charge in [0, 0.05) is 26.7 Å². The molecule has 0 fully saturated rings. The summed E-state index contributed by atoms with van der Waals surface area (Å²) >= 11 is 0. The quantitative estimate of drug-likeness (QED) is 0.624. The van der Waals surface area contributed by atoms with Crippen molar-refractivity contribution in [3.8, 4) is 0 Å². The minimum Gasteiger partial charge on any atom is -0.340 e. The van der Waals surface area contributed by atoms with Gasteiger partial charge >= 0.3 is 5.69 Å². The Labute approximate surface area is 124 Å². The zero-order chi connectivity index (χ0) is 16.3. The normalized spacial score (nSPS) is 12.5. The largest absolute Gasteiger partial charge is 0.340 e. The fraction of sp³-hybridized carbons (Fsp3) is 0.692. The van der Waals surface area contributed by atoms with Gasteiger partial charge in [-0.25, -0.2) is 0 Å². The molecule has 0 radical (unpaired) electrons. The van der Waals surface area contributed by atoms with E-state index in [0.717, 1.165) is 0 Å². The van der Waals surface area contributed by atoms with Crippen LogP contribution in [0, 0.1) is 23.0 Å². The van der Waals surface area contributed by atoms with Crippen molar-refractivity contribution in [2.45, 2.75) is 33.2 Å². The van der Waals surface area contributed by atoms with Crippen LogP contribution in [0.1, 0.15) is 36.5 Å². The number of carbonyl (C=O) groups excluding carboxylic acids is 1. The molecule has 8 nitrogen and oxygen atoms in total. The Kier molecular flexibility index (Phi) is 5.42. The van der Waals surface area contributed by atoms with E-state index in [-0.39, 0.29) is 23.1 Å². The van der Waals surface area contributed by atoms with Gasteiger partial charge in [-0.1, -0.05) is 13.8 Å². The van der Waals surface area contributed by atoms with E-state index >= 15 is 0 Å². The van der Waals surface area contributed by atoms with Crippen molar-refractivity contribution in [1.29, 1.82) is 0 Å². The van der Waals surface area contributed by atoms with Gasteiger partial charge in [0.15, 0.2) is 0 Å². The summed E-state index contributed by atoms with van der Waals surface area (Å²) in [4.78, 5) is 24.4. The van der Waals surface area contributed by atoms with Crippen LogP contribution in [0.4, 0.5) is 5.69 Å². The predicted molar refractivity (Wildman–Crippen MR) is 79.0 cm³/mol. The highest BCUT2D eigenvalue weighted by Crippen LogP contribution is 2.23. The molecule has 1 unspecified atom stereocenters. The molecule has 21 heavy (non-hydrogen) atoms. The molecule has 2 N–H and O–H groups in total. The molecule has 0 aliphatic carbocycles. The number of aromatic nitrogens is 2. The van der Waals surface area contributed by atoms with Gasteiger partial charge in [0.05, 0.1) is 4.92 Å². The first kappa shape index (κ1) is 17.1. The first-order chi connectivity index (χ1) is 9.66. The highest BCUT2D eigenvalue weighted by atomic mass is 16.6. The Bertz CT molecular complexity index is 538. The molecule has 1 atom stereocenters. The predicted octanol–water partition coefficient (Wildman–Crippen LogP) is 1.08. The van der Waals surface area contributed by atoms with Gasteiger partial charge in [-0.3, -0.25) is 19.6 Å². The molecule has 0 saturated carbocycles. The number of carbonyl (C=O) groups is 1. The topological polar surface area (TPSA) is 107 Å². The van der Waals surface area contributed by atoms with Crippen LogP contribution >= 0.6 is 0 Å². The van der Waals surface area contributed by atoms with Gasteiger partial charge in [0.2, 0.25) is 5.69 Å². The summed E-state index contributed by atoms with van der Waals surface area (Å²) in [6.07, 6.45) is 0.643. The number of rotatable bonds is 6. The maximum Gasteiger partial charge on any atom is 0.322 e. The van der Waals surface area contributed by atoms with Crippen LogP contribution in [0.25, 0.3) is 0 Å². The number of nitrogens with zero attached hydrogens (tertiary/aromatic N) is 4. The molecule has 0 bridgehead atoms. The van der Waals surface area contributed by atoms with Crippen molar-refractivity contribution < 1.29 is 9.72 Å². The van der Waals surface area contributed by atoms with Gasteiger partial charge in [-0.05, 0) is 19.3 Å². The van der Waals surface area contributed by atoms with Crippen molar-refractivity contribution in [3.05, 3.63) is 21.5 Å². The van der Waals surface area contributed by atoms with E-state index in [2.05, 4.69) is 5.10 Å². The van der Waals surface area contributed by atoms with E-state index in [1.165, 1.54) is 23.6 Å². The summed E-state index contributed by atoms with van der Waals surface area (Å²) in [5.41, 5.74) is 5.95. The van der Waals surface area contributed by atoms with E-state index < -0.39 is 10.8 Å². The van der Waals surface area contributed by atoms with Crippen molar-refractivity contribution >= 4 is 11.6 Å². The number of aryl methyl sites for hydroxylation is 2. The third-order valence-electron chi connectivity index (χ3n) is 3.58. The van der Waals surface area contributed by atoms with Gasteiger partial charge < -0.3 is 10.6 Å². The molecule has 1 rings (SSSR count). The minimum absolute atomic E-state index is 0.00174. The summed E-state index contributed by atoms with van der Waals surface area (Å²) in [6, 6.07) is -0.0106. The van der Waals surface area contributed by atoms with E-state index in [4.69, 9.17) is 5.73 Å². The van der Waals surface area contributed by atoms with Crippen LogP contribution in [0.3, 0.4) is 0 Å². The first-order valence-electron chi connectivity index (χ1n) is 6.85. The molecule has 1 aromatic rings. The number of hydrogen-bond acceptors (Lipinski definition) is 5. The summed E-state index contributed by atoms with van der Waals surface area (Å²) in [5.74, 6) is -0.0949. The molecule has 0 saturated heterocycles. The summed E-state index contributed by atoms with van der Waals surface area (Å²) in [6.45, 7) is 5.99. The van der Waals surface area contributed by atoms with Crippen LogP contribution in [0.5, 0.6) is 0 Å². The Morgan fingerprint density at radius 1 is 1.52 bits per heavy atom. The Hall–Kier alpha value is -1.96. The minimum atomic E-state index is -0.566. The Balaban J connectivity index is 2.91. The molecular formula is C13H23N5O3. The van der Waals surface area contributed by atoms with Crippen LogP contribution in [0.2, 0.25) is 0 Å². The monoisotopic (exact) mass is 297 g/mol. The number of hydrogen-bond donors (Lipinski definition) is 1. The average molecular weight is 297 g/mol. The van der Waals surface area contributed by atoms with Gasteiger partial charge in [0.25, 0.3) is 5.91 Å². The molecule has 0 aliphatic heterocycles. The molecule has 1 aromatic heterocycles. The third kappa shape index (κ3) is 3.78. The van der Waals surface area contributed by atoms with Crippen molar-refractivity contribution in [1.82, 2.24) is 14.7 Å². The fourth-order valence-electron chi connectivity index (χ4n) is 2.06. The highest BCUT2D eigenvalue weighted by molar-refractivity contribution is 5.96. The zero-order valence-electron chi connectivity index (χ0n) is 13.2. The second-order valence-corrected chi connectivity index (χ2v) is 5.59. The van der Waals surface area contributed by atoms with Crippen molar-refractivity contribution in [2.75, 3.05) is 13.6 Å². The number of nitro groups is 1. The van der Waals surface area contributed by atoms with Crippen LogP contribution in [-0.2, 0) is 7.05 Å². The first-order valence-corrected chi connectivity index (χ1v) is 6.85. The SMILES string of the molecule is Cc1nn(C)c(C(=O)N(C)CCC(N)C(C)C)c1[N+](=O)[O-]. The van der Waals surface area contributed by atoms with E-state index in [0.29, 0.717) is 18.9 Å². The summed E-state index contributed by atoms with van der Waals surface area (Å²) in [5, 5.41) is 15.1. The number of amides is 1. The van der Waals surface area contributed by atoms with Gasteiger partial charge in [-0.15, -0.1) is 0 Å². The fourth-order valence-corrected chi connectivity index (χ4v) is 2.06. The van der Waals surface area contributed by atoms with Crippen molar-refractivity contribution in [3.63, 3.8) is 0 Å². The zero-order valence-corrected chi connectivity index (χ0v) is 13.2. The molecule has 0 aromatic carbocycles. The lowest BCUT2D eigenvalue weighted by atomic mass is 10.0. The van der Waals surface area contributed by atoms with Crippen molar-refractivity contribution in [2.24, 2.45) is 18.7 Å². The van der Waals surface area contributed by atoms with Gasteiger partial charge in [-0.2, -0.15) is 5.10 Å². The third-order valence-corrected chi connectivity index (χ3v) is 3.58.